The molecule has 1 saturated heterocycles. The lowest BCUT2D eigenvalue weighted by Crippen LogP contribution is -2.47. The van der Waals surface area contributed by atoms with Crippen LogP contribution in [-0.2, 0) is 6.42 Å². The second-order valence-corrected chi connectivity index (χ2v) is 7.99. The molecule has 3 aromatic rings. The molecule has 0 spiro atoms. The summed E-state index contributed by atoms with van der Waals surface area (Å²) in [5.74, 6) is 0. The largest absolute Gasteiger partial charge is 0.373 e. The number of benzene rings is 3. The summed E-state index contributed by atoms with van der Waals surface area (Å²) >= 11 is 0. The molecule has 0 bridgehead atoms. The van der Waals surface area contributed by atoms with Crippen molar-refractivity contribution in [2.24, 2.45) is 0 Å². The number of piperazine rings is 1. The van der Waals surface area contributed by atoms with Gasteiger partial charge in [0.2, 0.25) is 0 Å². The van der Waals surface area contributed by atoms with Crippen molar-refractivity contribution < 1.29 is 0 Å². The molecule has 1 heterocycles. The zero-order chi connectivity index (χ0) is 20.6. The van der Waals surface area contributed by atoms with E-state index >= 15 is 0 Å². The average Bonchev–Trinajstić information content (AvgIpc) is 2.83. The summed E-state index contributed by atoms with van der Waals surface area (Å²) in [6.45, 7) is 6.61. The number of hydrogen-bond donors (Lipinski definition) is 0. The van der Waals surface area contributed by atoms with Crippen molar-refractivity contribution in [3.05, 3.63) is 119 Å². The highest BCUT2D eigenvalue weighted by Gasteiger charge is 2.26. The topological polar surface area (TPSA) is 6.48 Å². The van der Waals surface area contributed by atoms with Crippen LogP contribution in [0.1, 0.15) is 36.1 Å². The maximum Gasteiger partial charge on any atom is 0.0603 e. The molecule has 0 radical (unpaired) electrons. The molecule has 0 unspecified atom stereocenters. The number of hydrogen-bond acceptors (Lipinski definition) is 2. The minimum Gasteiger partial charge on any atom is -0.373 e. The molecule has 0 N–H and O–H groups in total. The first-order chi connectivity index (χ1) is 14.8. The standard InChI is InChI=1S/C28H32N2/c1-2-27(19-18-24-12-6-3-7-13-24)29-20-22-30(23-21-29)28(25-14-8-4-9-15-25)26-16-10-5-11-17-26/h3-17,19,28H,2,18,20-23H2,1H3. The van der Waals surface area contributed by atoms with Crippen LogP contribution in [-0.4, -0.2) is 36.0 Å². The summed E-state index contributed by atoms with van der Waals surface area (Å²) in [4.78, 5) is 5.23. The SMILES string of the molecule is CCC(=CCc1ccccc1)N1CCN(C(c2ccccc2)c2ccccc2)CC1. The zero-order valence-electron chi connectivity index (χ0n) is 18.0. The lowest BCUT2D eigenvalue weighted by Gasteiger charge is -2.41. The third kappa shape index (κ3) is 5.01. The molecular formula is C28H32N2. The van der Waals surface area contributed by atoms with Gasteiger partial charge in [0.05, 0.1) is 6.04 Å². The summed E-state index contributed by atoms with van der Waals surface area (Å²) in [5, 5.41) is 0. The highest BCUT2D eigenvalue weighted by molar-refractivity contribution is 5.32. The number of rotatable bonds is 7. The average molecular weight is 397 g/mol. The molecule has 3 aromatic carbocycles. The molecule has 1 fully saturated rings. The molecule has 2 heteroatoms. The minimum absolute atomic E-state index is 0.327. The smallest absolute Gasteiger partial charge is 0.0603 e. The van der Waals surface area contributed by atoms with E-state index in [1.807, 2.05) is 0 Å². The Hall–Kier alpha value is -2.84. The third-order valence-corrected chi connectivity index (χ3v) is 6.09. The Labute approximate surface area is 181 Å². The third-order valence-electron chi connectivity index (χ3n) is 6.09. The van der Waals surface area contributed by atoms with Crippen molar-refractivity contribution in [2.45, 2.75) is 25.8 Å². The Kier molecular flexibility index (Phi) is 6.99. The molecule has 154 valence electrons. The molecule has 0 aromatic heterocycles. The number of nitrogens with zero attached hydrogens (tertiary/aromatic N) is 2. The van der Waals surface area contributed by atoms with Crippen molar-refractivity contribution in [3.63, 3.8) is 0 Å². The molecule has 1 aliphatic heterocycles. The van der Waals surface area contributed by atoms with Crippen molar-refractivity contribution in [1.82, 2.24) is 9.80 Å². The first kappa shape index (κ1) is 20.4. The van der Waals surface area contributed by atoms with Crippen LogP contribution in [0, 0.1) is 0 Å². The lowest BCUT2D eigenvalue weighted by atomic mass is 9.96. The van der Waals surface area contributed by atoms with Crippen LogP contribution in [0.25, 0.3) is 0 Å². The number of allylic oxidation sites excluding steroid dienone is 2. The second kappa shape index (κ2) is 10.3. The van der Waals surface area contributed by atoms with Gasteiger partial charge in [-0.1, -0.05) is 104 Å². The van der Waals surface area contributed by atoms with Gasteiger partial charge in [-0.25, -0.2) is 0 Å². The van der Waals surface area contributed by atoms with Gasteiger partial charge < -0.3 is 4.90 Å². The molecule has 30 heavy (non-hydrogen) atoms. The quantitative estimate of drug-likeness (QED) is 0.488. The fourth-order valence-electron chi connectivity index (χ4n) is 4.50. The van der Waals surface area contributed by atoms with Crippen LogP contribution in [0.15, 0.2) is 103 Å². The van der Waals surface area contributed by atoms with Crippen LogP contribution in [0.3, 0.4) is 0 Å². The van der Waals surface area contributed by atoms with Gasteiger partial charge in [-0.05, 0) is 29.5 Å². The van der Waals surface area contributed by atoms with Gasteiger partial charge in [-0.3, -0.25) is 4.90 Å². The van der Waals surface area contributed by atoms with E-state index in [-0.39, 0.29) is 0 Å². The van der Waals surface area contributed by atoms with Gasteiger partial charge in [-0.15, -0.1) is 0 Å². The van der Waals surface area contributed by atoms with E-state index in [2.05, 4.69) is 114 Å². The van der Waals surface area contributed by atoms with Gasteiger partial charge in [0, 0.05) is 31.9 Å². The zero-order valence-corrected chi connectivity index (χ0v) is 18.0. The molecule has 0 atom stereocenters. The van der Waals surface area contributed by atoms with E-state index in [1.54, 1.807) is 0 Å². The molecule has 4 rings (SSSR count). The monoisotopic (exact) mass is 396 g/mol. The van der Waals surface area contributed by atoms with E-state index in [0.29, 0.717) is 6.04 Å². The summed E-state index contributed by atoms with van der Waals surface area (Å²) in [5.41, 5.74) is 5.63. The Morgan fingerprint density at radius 1 is 0.733 bits per heavy atom. The highest BCUT2D eigenvalue weighted by Crippen LogP contribution is 2.30. The maximum absolute atomic E-state index is 2.64. The fraction of sp³-hybridized carbons (Fsp3) is 0.286. The van der Waals surface area contributed by atoms with Crippen molar-refractivity contribution in [1.29, 1.82) is 0 Å². The minimum atomic E-state index is 0.327. The molecule has 0 saturated carbocycles. The normalized spacial score (nSPS) is 15.5. The molecule has 0 amide bonds. The highest BCUT2D eigenvalue weighted by atomic mass is 15.3. The molecular weight excluding hydrogens is 364 g/mol. The predicted molar refractivity (Wildman–Crippen MR) is 126 cm³/mol. The first-order valence-electron chi connectivity index (χ1n) is 11.2. The predicted octanol–water partition coefficient (Wildman–Crippen LogP) is 5.93. The summed E-state index contributed by atoms with van der Waals surface area (Å²) < 4.78 is 0. The maximum atomic E-state index is 2.64. The van der Waals surface area contributed by atoms with Gasteiger partial charge in [0.25, 0.3) is 0 Å². The Balaban J connectivity index is 1.46. The molecule has 1 aliphatic rings. The molecule has 0 aliphatic carbocycles. The van der Waals surface area contributed by atoms with Crippen molar-refractivity contribution >= 4 is 0 Å². The Morgan fingerprint density at radius 2 is 1.23 bits per heavy atom. The summed E-state index contributed by atoms with van der Waals surface area (Å²) in [6, 6.07) is 33.0. The molecule has 2 nitrogen and oxygen atoms in total. The van der Waals surface area contributed by atoms with E-state index in [4.69, 9.17) is 0 Å². The van der Waals surface area contributed by atoms with Gasteiger partial charge in [-0.2, -0.15) is 0 Å². The van der Waals surface area contributed by atoms with Crippen molar-refractivity contribution in [3.8, 4) is 0 Å². The van der Waals surface area contributed by atoms with E-state index in [9.17, 15) is 0 Å². The van der Waals surface area contributed by atoms with Crippen LogP contribution in [0.4, 0.5) is 0 Å². The summed E-state index contributed by atoms with van der Waals surface area (Å²) in [7, 11) is 0. The van der Waals surface area contributed by atoms with E-state index in [0.717, 1.165) is 39.0 Å². The van der Waals surface area contributed by atoms with Crippen LogP contribution < -0.4 is 0 Å². The van der Waals surface area contributed by atoms with Crippen LogP contribution in [0.5, 0.6) is 0 Å². The Morgan fingerprint density at radius 3 is 1.73 bits per heavy atom. The van der Waals surface area contributed by atoms with Gasteiger partial charge in [0.15, 0.2) is 0 Å². The van der Waals surface area contributed by atoms with E-state index in [1.165, 1.54) is 22.4 Å². The Bertz CT molecular complexity index is 871. The summed E-state index contributed by atoms with van der Waals surface area (Å²) in [6.07, 6.45) is 4.53. The first-order valence-corrected chi connectivity index (χ1v) is 11.2. The van der Waals surface area contributed by atoms with Crippen LogP contribution >= 0.6 is 0 Å². The second-order valence-electron chi connectivity index (χ2n) is 7.99. The van der Waals surface area contributed by atoms with Crippen molar-refractivity contribution in [2.75, 3.05) is 26.2 Å². The lowest BCUT2D eigenvalue weighted by molar-refractivity contribution is 0.129. The fourth-order valence-corrected chi connectivity index (χ4v) is 4.50. The van der Waals surface area contributed by atoms with Gasteiger partial charge >= 0.3 is 0 Å². The van der Waals surface area contributed by atoms with Crippen LogP contribution in [0.2, 0.25) is 0 Å². The van der Waals surface area contributed by atoms with Gasteiger partial charge in [0.1, 0.15) is 0 Å². The van der Waals surface area contributed by atoms with E-state index < -0.39 is 0 Å².